The lowest BCUT2D eigenvalue weighted by Crippen LogP contribution is -2.48. The Balaban J connectivity index is 1.44. The fraction of sp³-hybridized carbons (Fsp3) is 0.286. The van der Waals surface area contributed by atoms with Crippen molar-refractivity contribution in [3.8, 4) is 0 Å². The largest absolute Gasteiger partial charge is 0.396 e. The van der Waals surface area contributed by atoms with Crippen LogP contribution >= 0.6 is 0 Å². The van der Waals surface area contributed by atoms with Gasteiger partial charge in [0.2, 0.25) is 0 Å². The Morgan fingerprint density at radius 3 is 2.65 bits per heavy atom. The molecule has 0 atom stereocenters. The molecule has 0 spiro atoms. The lowest BCUT2D eigenvalue weighted by Gasteiger charge is -2.47. The molecule has 1 aliphatic carbocycles. The number of pyridine rings is 2. The molecule has 1 saturated carbocycles. The van der Waals surface area contributed by atoms with E-state index in [2.05, 4.69) is 27.4 Å². The summed E-state index contributed by atoms with van der Waals surface area (Å²) in [6.45, 7) is 0.508. The fourth-order valence-electron chi connectivity index (χ4n) is 3.80. The number of nitrogens with one attached hydrogen (secondary N) is 1. The van der Waals surface area contributed by atoms with Gasteiger partial charge in [-0.2, -0.15) is 0 Å². The van der Waals surface area contributed by atoms with Gasteiger partial charge in [0.05, 0.1) is 6.61 Å². The van der Waals surface area contributed by atoms with Crippen LogP contribution in [0.15, 0.2) is 60.9 Å². The van der Waals surface area contributed by atoms with Gasteiger partial charge >= 0.3 is 0 Å². The SMILES string of the molecule is O=C(NCC1(CO)CC(c2ccccc2)C1)c1nccc2cccnc12. The number of carbonyl (C=O) groups is 1. The molecular weight excluding hydrogens is 326 g/mol. The van der Waals surface area contributed by atoms with Crippen molar-refractivity contribution in [1.29, 1.82) is 0 Å². The first kappa shape index (κ1) is 16.7. The van der Waals surface area contributed by atoms with Crippen LogP contribution in [-0.2, 0) is 0 Å². The lowest BCUT2D eigenvalue weighted by atomic mass is 9.60. The number of hydrogen-bond acceptors (Lipinski definition) is 4. The van der Waals surface area contributed by atoms with Gasteiger partial charge in [0, 0.05) is 29.7 Å². The maximum Gasteiger partial charge on any atom is 0.272 e. The van der Waals surface area contributed by atoms with Gasteiger partial charge in [-0.3, -0.25) is 9.78 Å². The Morgan fingerprint density at radius 2 is 1.88 bits per heavy atom. The van der Waals surface area contributed by atoms with Crippen LogP contribution < -0.4 is 5.32 Å². The monoisotopic (exact) mass is 347 g/mol. The molecule has 0 radical (unpaired) electrons. The minimum atomic E-state index is -0.256. The third kappa shape index (κ3) is 3.06. The van der Waals surface area contributed by atoms with Gasteiger partial charge in [0.1, 0.15) is 5.52 Å². The van der Waals surface area contributed by atoms with Crippen LogP contribution in [0.5, 0.6) is 0 Å². The number of rotatable bonds is 5. The van der Waals surface area contributed by atoms with E-state index in [1.807, 2.05) is 36.4 Å². The number of aliphatic hydroxyl groups excluding tert-OH is 1. The highest BCUT2D eigenvalue weighted by molar-refractivity contribution is 6.03. The van der Waals surface area contributed by atoms with E-state index in [9.17, 15) is 9.90 Å². The van der Waals surface area contributed by atoms with E-state index in [1.165, 1.54) is 5.56 Å². The predicted octanol–water partition coefficient (Wildman–Crippen LogP) is 2.92. The van der Waals surface area contributed by atoms with Gasteiger partial charge < -0.3 is 10.4 Å². The quantitative estimate of drug-likeness (QED) is 0.744. The van der Waals surface area contributed by atoms with Crippen molar-refractivity contribution in [2.45, 2.75) is 18.8 Å². The second kappa shape index (κ2) is 6.84. The molecule has 0 aliphatic heterocycles. The molecule has 4 rings (SSSR count). The molecule has 5 nitrogen and oxygen atoms in total. The van der Waals surface area contributed by atoms with Crippen LogP contribution in [0.1, 0.15) is 34.8 Å². The summed E-state index contributed by atoms with van der Waals surface area (Å²) in [4.78, 5) is 21.1. The zero-order valence-corrected chi connectivity index (χ0v) is 14.4. The second-order valence-electron chi connectivity index (χ2n) is 7.09. The van der Waals surface area contributed by atoms with Gasteiger partial charge in [-0.1, -0.05) is 36.4 Å². The molecule has 2 N–H and O–H groups in total. The van der Waals surface area contributed by atoms with Crippen molar-refractivity contribution in [2.24, 2.45) is 5.41 Å². The Morgan fingerprint density at radius 1 is 1.08 bits per heavy atom. The molecule has 1 amide bonds. The topological polar surface area (TPSA) is 75.1 Å². The summed E-state index contributed by atoms with van der Waals surface area (Å²) in [5.74, 6) is 0.197. The van der Waals surface area contributed by atoms with Crippen molar-refractivity contribution in [3.05, 3.63) is 72.2 Å². The maximum atomic E-state index is 12.6. The van der Waals surface area contributed by atoms with E-state index >= 15 is 0 Å². The zero-order valence-electron chi connectivity index (χ0n) is 14.4. The highest BCUT2D eigenvalue weighted by Gasteiger charge is 2.44. The van der Waals surface area contributed by atoms with Gasteiger partial charge in [-0.15, -0.1) is 0 Å². The fourth-order valence-corrected chi connectivity index (χ4v) is 3.80. The van der Waals surface area contributed by atoms with Gasteiger partial charge in [0.25, 0.3) is 5.91 Å². The summed E-state index contributed by atoms with van der Waals surface area (Å²) in [6.07, 6.45) is 5.02. The molecule has 1 aromatic carbocycles. The summed E-state index contributed by atoms with van der Waals surface area (Å²) >= 11 is 0. The highest BCUT2D eigenvalue weighted by atomic mass is 16.3. The Hall–Kier alpha value is -2.79. The summed E-state index contributed by atoms with van der Waals surface area (Å²) in [5, 5.41) is 13.7. The standard InChI is InChI=1S/C21H21N3O2/c25-14-21(11-17(12-21)15-5-2-1-3-6-15)13-24-20(26)19-18-16(8-10-23-19)7-4-9-22-18/h1-10,17,25H,11-14H2,(H,24,26). The number of nitrogens with zero attached hydrogens (tertiary/aromatic N) is 2. The molecule has 26 heavy (non-hydrogen) atoms. The van der Waals surface area contributed by atoms with Crippen LogP contribution in [0.3, 0.4) is 0 Å². The third-order valence-corrected chi connectivity index (χ3v) is 5.33. The van der Waals surface area contributed by atoms with E-state index in [-0.39, 0.29) is 17.9 Å². The first-order chi connectivity index (χ1) is 12.7. The van der Waals surface area contributed by atoms with Gasteiger partial charge in [-0.25, -0.2) is 4.98 Å². The molecule has 0 saturated heterocycles. The van der Waals surface area contributed by atoms with Crippen molar-refractivity contribution < 1.29 is 9.90 Å². The van der Waals surface area contributed by atoms with E-state index in [0.29, 0.717) is 23.7 Å². The number of fused-ring (bicyclic) bond motifs is 1. The normalized spacial score (nSPS) is 22.0. The van der Waals surface area contributed by atoms with Crippen LogP contribution in [0, 0.1) is 5.41 Å². The van der Waals surface area contributed by atoms with E-state index < -0.39 is 0 Å². The molecule has 1 fully saturated rings. The van der Waals surface area contributed by atoms with Crippen molar-refractivity contribution in [2.75, 3.05) is 13.2 Å². The minimum absolute atomic E-state index is 0.0673. The molecule has 0 bridgehead atoms. The van der Waals surface area contributed by atoms with Crippen molar-refractivity contribution in [1.82, 2.24) is 15.3 Å². The number of hydrogen-bond donors (Lipinski definition) is 2. The van der Waals surface area contributed by atoms with Crippen LogP contribution in [0.25, 0.3) is 10.9 Å². The molecule has 5 heteroatoms. The Labute approximate surface area is 152 Å². The molecule has 132 valence electrons. The average Bonchev–Trinajstić information content (AvgIpc) is 2.67. The number of aliphatic hydroxyl groups is 1. The van der Waals surface area contributed by atoms with Crippen LogP contribution in [0.2, 0.25) is 0 Å². The molecule has 2 aromatic heterocycles. The third-order valence-electron chi connectivity index (χ3n) is 5.33. The summed E-state index contributed by atoms with van der Waals surface area (Å²) < 4.78 is 0. The first-order valence-corrected chi connectivity index (χ1v) is 8.84. The number of aromatic nitrogens is 2. The highest BCUT2D eigenvalue weighted by Crippen LogP contribution is 2.50. The van der Waals surface area contributed by atoms with E-state index in [1.54, 1.807) is 12.4 Å². The van der Waals surface area contributed by atoms with Crippen LogP contribution in [-0.4, -0.2) is 34.1 Å². The number of carbonyl (C=O) groups excluding carboxylic acids is 1. The lowest BCUT2D eigenvalue weighted by molar-refractivity contribution is 0.0251. The summed E-state index contributed by atoms with van der Waals surface area (Å²) in [5.41, 5.74) is 1.97. The first-order valence-electron chi connectivity index (χ1n) is 8.84. The number of benzene rings is 1. The van der Waals surface area contributed by atoms with Gasteiger partial charge in [0.15, 0.2) is 5.69 Å². The maximum absolute atomic E-state index is 12.6. The molecular formula is C21H21N3O2. The molecule has 1 aliphatic rings. The minimum Gasteiger partial charge on any atom is -0.396 e. The Bertz CT molecular complexity index is 915. The zero-order chi connectivity index (χ0) is 18.0. The molecule has 2 heterocycles. The second-order valence-corrected chi connectivity index (χ2v) is 7.09. The molecule has 0 unspecified atom stereocenters. The average molecular weight is 347 g/mol. The predicted molar refractivity (Wildman–Crippen MR) is 99.8 cm³/mol. The van der Waals surface area contributed by atoms with Crippen LogP contribution in [0.4, 0.5) is 0 Å². The Kier molecular flexibility index (Phi) is 4.39. The van der Waals surface area contributed by atoms with E-state index in [0.717, 1.165) is 18.2 Å². The van der Waals surface area contributed by atoms with Crippen molar-refractivity contribution >= 4 is 16.8 Å². The van der Waals surface area contributed by atoms with Gasteiger partial charge in [-0.05, 0) is 36.5 Å². The summed E-state index contributed by atoms with van der Waals surface area (Å²) in [6, 6.07) is 15.9. The smallest absolute Gasteiger partial charge is 0.272 e. The molecule has 3 aromatic rings. The number of amides is 1. The summed E-state index contributed by atoms with van der Waals surface area (Å²) in [7, 11) is 0. The van der Waals surface area contributed by atoms with E-state index in [4.69, 9.17) is 0 Å². The van der Waals surface area contributed by atoms with Crippen molar-refractivity contribution in [3.63, 3.8) is 0 Å².